The molecule has 1 aromatic carbocycles. The minimum absolute atomic E-state index is 0.744. The van der Waals surface area contributed by atoms with Crippen LogP contribution in [0, 0.1) is 13.8 Å². The van der Waals surface area contributed by atoms with Crippen LogP contribution in [0.2, 0.25) is 0 Å². The summed E-state index contributed by atoms with van der Waals surface area (Å²) in [6, 6.07) is 8.04. The van der Waals surface area contributed by atoms with E-state index in [0.29, 0.717) is 0 Å². The summed E-state index contributed by atoms with van der Waals surface area (Å²) < 4.78 is 1.04. The third-order valence-corrected chi connectivity index (χ3v) is 3.15. The Kier molecular flexibility index (Phi) is 4.37. The van der Waals surface area contributed by atoms with Crippen molar-refractivity contribution in [3.63, 3.8) is 0 Å². The lowest BCUT2D eigenvalue weighted by molar-refractivity contribution is 1.04. The fraction of sp³-hybridized carbons (Fsp3) is 0.286. The lowest BCUT2D eigenvalue weighted by Crippen LogP contribution is -2.04. The molecule has 100 valence electrons. The Labute approximate surface area is 121 Å². The number of aryl methyl sites for hydroxylation is 2. The van der Waals surface area contributed by atoms with Crippen molar-refractivity contribution < 1.29 is 0 Å². The molecule has 0 bridgehead atoms. The molecule has 0 fully saturated rings. The van der Waals surface area contributed by atoms with E-state index in [1.165, 1.54) is 5.56 Å². The average molecular weight is 321 g/mol. The summed E-state index contributed by atoms with van der Waals surface area (Å²) in [5.74, 6) is 2.38. The minimum Gasteiger partial charge on any atom is -0.370 e. The monoisotopic (exact) mass is 320 g/mol. The van der Waals surface area contributed by atoms with E-state index in [-0.39, 0.29) is 0 Å². The van der Waals surface area contributed by atoms with Crippen LogP contribution in [0.3, 0.4) is 0 Å². The molecule has 0 saturated carbocycles. The zero-order chi connectivity index (χ0) is 13.8. The van der Waals surface area contributed by atoms with Gasteiger partial charge < -0.3 is 10.6 Å². The molecular weight excluding hydrogens is 304 g/mol. The summed E-state index contributed by atoms with van der Waals surface area (Å²) in [6.45, 7) is 6.84. The molecule has 5 heteroatoms. The zero-order valence-corrected chi connectivity index (χ0v) is 12.9. The van der Waals surface area contributed by atoms with Crippen molar-refractivity contribution in [3.05, 3.63) is 40.1 Å². The van der Waals surface area contributed by atoms with E-state index in [1.54, 1.807) is 0 Å². The maximum absolute atomic E-state index is 4.40. The molecule has 0 saturated heterocycles. The van der Waals surface area contributed by atoms with Crippen molar-refractivity contribution in [1.82, 2.24) is 9.97 Å². The second kappa shape index (κ2) is 6.02. The van der Waals surface area contributed by atoms with Gasteiger partial charge in [0, 0.05) is 22.8 Å². The fourth-order valence-corrected chi connectivity index (χ4v) is 2.13. The highest BCUT2D eigenvalue weighted by Gasteiger charge is 2.04. The molecule has 0 aliphatic heterocycles. The maximum atomic E-state index is 4.40. The van der Waals surface area contributed by atoms with Crippen LogP contribution < -0.4 is 10.6 Å². The first-order valence-electron chi connectivity index (χ1n) is 6.21. The standard InChI is InChI=1S/C14H17BrN4/c1-4-16-13-8-14(18-10(3)17-13)19-12-7-11(15)6-5-9(12)2/h5-8H,4H2,1-3H3,(H2,16,17,18,19). The number of aromatic nitrogens is 2. The van der Waals surface area contributed by atoms with E-state index in [1.807, 2.05) is 32.0 Å². The van der Waals surface area contributed by atoms with Crippen LogP contribution in [-0.4, -0.2) is 16.5 Å². The van der Waals surface area contributed by atoms with Crippen molar-refractivity contribution >= 4 is 33.3 Å². The predicted molar refractivity (Wildman–Crippen MR) is 83.1 cm³/mol. The average Bonchev–Trinajstić information content (AvgIpc) is 2.33. The number of halogens is 1. The molecule has 1 heterocycles. The number of nitrogens with one attached hydrogen (secondary N) is 2. The van der Waals surface area contributed by atoms with E-state index in [4.69, 9.17) is 0 Å². The second-order valence-corrected chi connectivity index (χ2v) is 5.22. The Morgan fingerprint density at radius 2 is 1.84 bits per heavy atom. The van der Waals surface area contributed by atoms with E-state index < -0.39 is 0 Å². The predicted octanol–water partition coefficient (Wildman–Crippen LogP) is 4.03. The van der Waals surface area contributed by atoms with E-state index in [0.717, 1.165) is 34.2 Å². The topological polar surface area (TPSA) is 49.8 Å². The van der Waals surface area contributed by atoms with Crippen LogP contribution in [0.1, 0.15) is 18.3 Å². The lowest BCUT2D eigenvalue weighted by Gasteiger charge is -2.11. The van der Waals surface area contributed by atoms with Crippen molar-refractivity contribution in [1.29, 1.82) is 0 Å². The highest BCUT2D eigenvalue weighted by atomic mass is 79.9. The quantitative estimate of drug-likeness (QED) is 0.892. The van der Waals surface area contributed by atoms with Gasteiger partial charge in [-0.05, 0) is 38.5 Å². The first-order valence-corrected chi connectivity index (χ1v) is 7.00. The van der Waals surface area contributed by atoms with Crippen molar-refractivity contribution in [2.75, 3.05) is 17.2 Å². The van der Waals surface area contributed by atoms with Gasteiger partial charge in [0.2, 0.25) is 0 Å². The molecule has 0 amide bonds. The highest BCUT2D eigenvalue weighted by Crippen LogP contribution is 2.24. The van der Waals surface area contributed by atoms with Gasteiger partial charge in [-0.1, -0.05) is 22.0 Å². The second-order valence-electron chi connectivity index (χ2n) is 4.30. The summed E-state index contributed by atoms with van der Waals surface area (Å²) in [5, 5.41) is 6.53. The van der Waals surface area contributed by atoms with Gasteiger partial charge in [0.1, 0.15) is 17.5 Å². The molecular formula is C14H17BrN4. The van der Waals surface area contributed by atoms with Gasteiger partial charge in [-0.3, -0.25) is 0 Å². The van der Waals surface area contributed by atoms with Crippen LogP contribution in [0.15, 0.2) is 28.7 Å². The summed E-state index contributed by atoms with van der Waals surface area (Å²) in [7, 11) is 0. The third kappa shape index (κ3) is 3.67. The highest BCUT2D eigenvalue weighted by molar-refractivity contribution is 9.10. The molecule has 2 aromatic rings. The Morgan fingerprint density at radius 3 is 2.58 bits per heavy atom. The number of hydrogen-bond donors (Lipinski definition) is 2. The lowest BCUT2D eigenvalue weighted by atomic mass is 10.2. The fourth-order valence-electron chi connectivity index (χ4n) is 1.77. The van der Waals surface area contributed by atoms with Gasteiger partial charge in [0.25, 0.3) is 0 Å². The van der Waals surface area contributed by atoms with Gasteiger partial charge in [-0.25, -0.2) is 9.97 Å². The van der Waals surface area contributed by atoms with E-state index >= 15 is 0 Å². The molecule has 0 unspecified atom stereocenters. The summed E-state index contributed by atoms with van der Waals surface area (Å²) in [6.07, 6.45) is 0. The molecule has 0 aliphatic rings. The van der Waals surface area contributed by atoms with Crippen LogP contribution in [0.4, 0.5) is 17.3 Å². The van der Waals surface area contributed by atoms with Gasteiger partial charge in [-0.2, -0.15) is 0 Å². The number of anilines is 3. The first kappa shape index (κ1) is 13.8. The molecule has 0 atom stereocenters. The smallest absolute Gasteiger partial charge is 0.136 e. The summed E-state index contributed by atoms with van der Waals surface area (Å²) in [5.41, 5.74) is 2.21. The van der Waals surface area contributed by atoms with E-state index in [9.17, 15) is 0 Å². The molecule has 19 heavy (non-hydrogen) atoms. The molecule has 0 spiro atoms. The zero-order valence-electron chi connectivity index (χ0n) is 11.3. The number of nitrogens with zero attached hydrogens (tertiary/aromatic N) is 2. The van der Waals surface area contributed by atoms with Gasteiger partial charge in [0.05, 0.1) is 0 Å². The van der Waals surface area contributed by atoms with Crippen molar-refractivity contribution in [2.24, 2.45) is 0 Å². The molecule has 2 N–H and O–H groups in total. The Bertz CT molecular complexity index is 584. The molecule has 0 radical (unpaired) electrons. The minimum atomic E-state index is 0.744. The van der Waals surface area contributed by atoms with Gasteiger partial charge >= 0.3 is 0 Å². The molecule has 1 aromatic heterocycles. The third-order valence-electron chi connectivity index (χ3n) is 2.66. The normalized spacial score (nSPS) is 10.3. The van der Waals surface area contributed by atoms with Crippen LogP contribution in [-0.2, 0) is 0 Å². The van der Waals surface area contributed by atoms with E-state index in [2.05, 4.69) is 49.5 Å². The summed E-state index contributed by atoms with van der Waals surface area (Å²) >= 11 is 3.48. The largest absolute Gasteiger partial charge is 0.370 e. The van der Waals surface area contributed by atoms with Crippen LogP contribution in [0.25, 0.3) is 0 Å². The van der Waals surface area contributed by atoms with Gasteiger partial charge in [0.15, 0.2) is 0 Å². The first-order chi connectivity index (χ1) is 9.08. The number of rotatable bonds is 4. The maximum Gasteiger partial charge on any atom is 0.136 e. The molecule has 4 nitrogen and oxygen atoms in total. The Balaban J connectivity index is 2.29. The summed E-state index contributed by atoms with van der Waals surface area (Å²) in [4.78, 5) is 8.74. The van der Waals surface area contributed by atoms with Crippen LogP contribution in [0.5, 0.6) is 0 Å². The Morgan fingerprint density at radius 1 is 1.11 bits per heavy atom. The number of benzene rings is 1. The number of hydrogen-bond acceptors (Lipinski definition) is 4. The SMILES string of the molecule is CCNc1cc(Nc2cc(Br)ccc2C)nc(C)n1. The molecule has 0 aliphatic carbocycles. The van der Waals surface area contributed by atoms with Crippen molar-refractivity contribution in [2.45, 2.75) is 20.8 Å². The van der Waals surface area contributed by atoms with Gasteiger partial charge in [-0.15, -0.1) is 0 Å². The van der Waals surface area contributed by atoms with Crippen LogP contribution >= 0.6 is 15.9 Å². The Hall–Kier alpha value is -1.62. The molecule has 2 rings (SSSR count). The van der Waals surface area contributed by atoms with Crippen molar-refractivity contribution in [3.8, 4) is 0 Å².